The van der Waals surface area contributed by atoms with Gasteiger partial charge in [0.25, 0.3) is 11.8 Å². The van der Waals surface area contributed by atoms with E-state index in [4.69, 9.17) is 17.0 Å². The van der Waals surface area contributed by atoms with Crippen molar-refractivity contribution in [3.8, 4) is 0 Å². The van der Waals surface area contributed by atoms with Crippen molar-refractivity contribution in [2.24, 2.45) is 0 Å². The molecular formula is C27H24ClF3N4O3. The zero-order chi connectivity index (χ0) is 27.7. The first kappa shape index (κ1) is 27.2. The van der Waals surface area contributed by atoms with Gasteiger partial charge in [-0.3, -0.25) is 9.59 Å². The number of anilines is 3. The van der Waals surface area contributed by atoms with Crippen LogP contribution in [0.5, 0.6) is 0 Å². The first-order chi connectivity index (χ1) is 17.9. The molecule has 7 nitrogen and oxygen atoms in total. The van der Waals surface area contributed by atoms with E-state index in [1.165, 1.54) is 31.2 Å². The van der Waals surface area contributed by atoms with Crippen LogP contribution in [0.15, 0.2) is 54.6 Å². The lowest BCUT2D eigenvalue weighted by Crippen LogP contribution is -2.35. The molecule has 0 unspecified atom stereocenters. The number of carbonyl (C=O) groups excluding carboxylic acids is 2. The minimum atomic E-state index is -4.52. The van der Waals surface area contributed by atoms with Crippen LogP contribution in [0.3, 0.4) is 0 Å². The van der Waals surface area contributed by atoms with Crippen LogP contribution in [0.2, 0.25) is 5.02 Å². The third-order valence-corrected chi connectivity index (χ3v) is 6.52. The predicted octanol–water partition coefficient (Wildman–Crippen LogP) is 5.80. The molecule has 1 aliphatic carbocycles. The molecule has 0 aromatic heterocycles. The zero-order valence-corrected chi connectivity index (χ0v) is 20.9. The van der Waals surface area contributed by atoms with Crippen LogP contribution in [0, 0.1) is 12.3 Å². The van der Waals surface area contributed by atoms with Crippen molar-refractivity contribution in [1.82, 2.24) is 5.32 Å². The van der Waals surface area contributed by atoms with Crippen LogP contribution in [0.4, 0.5) is 30.2 Å². The van der Waals surface area contributed by atoms with Crippen molar-refractivity contribution in [2.45, 2.75) is 38.1 Å². The Morgan fingerprint density at radius 1 is 1.11 bits per heavy atom. The lowest BCUT2D eigenvalue weighted by molar-refractivity contribution is -0.138. The third-order valence-electron chi connectivity index (χ3n) is 6.20. The number of aryl methyl sites for hydroxylation is 1. The number of aliphatic hydroxyl groups is 1. The van der Waals surface area contributed by atoms with E-state index in [0.29, 0.717) is 24.1 Å². The van der Waals surface area contributed by atoms with Crippen LogP contribution in [0.1, 0.15) is 45.5 Å². The lowest BCUT2D eigenvalue weighted by Gasteiger charge is -2.17. The van der Waals surface area contributed by atoms with Gasteiger partial charge in [0.2, 0.25) is 0 Å². The Hall–Kier alpha value is -3.89. The zero-order valence-electron chi connectivity index (χ0n) is 20.2. The minimum absolute atomic E-state index is 0.0819. The Bertz CT molecular complexity index is 1420. The fourth-order valence-electron chi connectivity index (χ4n) is 3.84. The summed E-state index contributed by atoms with van der Waals surface area (Å²) in [5.41, 5.74) is -0.346. The summed E-state index contributed by atoms with van der Waals surface area (Å²) < 4.78 is 40.0. The number of amides is 2. The number of rotatable bonds is 8. The maximum atomic E-state index is 13.3. The summed E-state index contributed by atoms with van der Waals surface area (Å²) in [5.74, 6) is -1.06. The molecule has 4 rings (SSSR count). The van der Waals surface area contributed by atoms with Crippen LogP contribution in [0.25, 0.3) is 0 Å². The van der Waals surface area contributed by atoms with Gasteiger partial charge in [-0.25, -0.2) is 0 Å². The van der Waals surface area contributed by atoms with Gasteiger partial charge >= 0.3 is 6.18 Å². The molecule has 11 heteroatoms. The van der Waals surface area contributed by atoms with Gasteiger partial charge in [-0.05, 0) is 67.3 Å². The fourth-order valence-corrected chi connectivity index (χ4v) is 4.04. The molecule has 0 spiro atoms. The molecule has 3 aromatic rings. The van der Waals surface area contributed by atoms with Crippen molar-refractivity contribution in [3.05, 3.63) is 87.4 Å². The molecule has 0 aliphatic heterocycles. The van der Waals surface area contributed by atoms with Crippen LogP contribution in [-0.4, -0.2) is 28.7 Å². The average molecular weight is 545 g/mol. The minimum Gasteiger partial charge on any atom is -0.380 e. The topological polar surface area (TPSA) is 114 Å². The summed E-state index contributed by atoms with van der Waals surface area (Å²) >= 11 is 6.24. The van der Waals surface area contributed by atoms with Crippen molar-refractivity contribution < 1.29 is 27.9 Å². The van der Waals surface area contributed by atoms with E-state index in [0.717, 1.165) is 12.3 Å². The van der Waals surface area contributed by atoms with Gasteiger partial charge in [-0.15, -0.1) is 0 Å². The Labute approximate surface area is 221 Å². The van der Waals surface area contributed by atoms with Gasteiger partial charge in [0.1, 0.15) is 5.60 Å². The highest BCUT2D eigenvalue weighted by atomic mass is 35.5. The molecule has 1 aliphatic rings. The van der Waals surface area contributed by atoms with E-state index in [1.807, 2.05) is 0 Å². The Morgan fingerprint density at radius 2 is 1.82 bits per heavy atom. The second-order valence-corrected chi connectivity index (χ2v) is 9.45. The van der Waals surface area contributed by atoms with Crippen molar-refractivity contribution in [1.29, 1.82) is 5.41 Å². The Balaban J connectivity index is 1.54. The molecular weight excluding hydrogens is 521 g/mol. The first-order valence-electron chi connectivity index (χ1n) is 11.6. The molecule has 0 radical (unpaired) electrons. The summed E-state index contributed by atoms with van der Waals surface area (Å²) in [6, 6.07) is 13.2. The van der Waals surface area contributed by atoms with E-state index >= 15 is 0 Å². The smallest absolute Gasteiger partial charge is 0.380 e. The molecule has 0 atom stereocenters. The summed E-state index contributed by atoms with van der Waals surface area (Å²) in [6.45, 7) is 1.45. The maximum absolute atomic E-state index is 13.3. The molecule has 2 amide bonds. The van der Waals surface area contributed by atoms with Crippen molar-refractivity contribution in [3.63, 3.8) is 0 Å². The van der Waals surface area contributed by atoms with Crippen LogP contribution >= 0.6 is 11.6 Å². The standard InChI is InChI=1S/C27H24ClF3N4O3/c1-15-5-7-17(12-20(15)27(29,30)31)34-22-3-2-4-23(19(22)13-32)35-24(36)18-11-16(6-8-21(18)28)14-33-25(37)26(38)9-10-26/h2-8,11-13,32,34,38H,9-10,14H2,1H3,(H,33,37)(H,35,36). The highest BCUT2D eigenvalue weighted by molar-refractivity contribution is 6.34. The highest BCUT2D eigenvalue weighted by Crippen LogP contribution is 2.36. The molecule has 198 valence electrons. The van der Waals surface area contributed by atoms with Crippen molar-refractivity contribution >= 4 is 46.7 Å². The summed E-state index contributed by atoms with van der Waals surface area (Å²) in [4.78, 5) is 25.1. The Kier molecular flexibility index (Phi) is 7.48. The average Bonchev–Trinajstić information content (AvgIpc) is 3.62. The molecule has 3 aromatic carbocycles. The monoisotopic (exact) mass is 544 g/mol. The van der Waals surface area contributed by atoms with E-state index in [1.54, 1.807) is 24.3 Å². The number of nitrogens with one attached hydrogen (secondary N) is 4. The second-order valence-electron chi connectivity index (χ2n) is 9.05. The van der Waals surface area contributed by atoms with E-state index in [2.05, 4.69) is 16.0 Å². The molecule has 0 heterocycles. The Morgan fingerprint density at radius 3 is 2.47 bits per heavy atom. The van der Waals surface area contributed by atoms with E-state index in [-0.39, 0.29) is 39.6 Å². The maximum Gasteiger partial charge on any atom is 0.416 e. The van der Waals surface area contributed by atoms with Gasteiger partial charge in [-0.2, -0.15) is 13.2 Å². The number of carbonyl (C=O) groups is 2. The van der Waals surface area contributed by atoms with E-state index in [9.17, 15) is 27.9 Å². The van der Waals surface area contributed by atoms with Crippen molar-refractivity contribution in [2.75, 3.05) is 10.6 Å². The summed E-state index contributed by atoms with van der Waals surface area (Å²) in [5, 5.41) is 26.1. The second kappa shape index (κ2) is 10.5. The molecule has 38 heavy (non-hydrogen) atoms. The lowest BCUT2D eigenvalue weighted by atomic mass is 10.1. The predicted molar refractivity (Wildman–Crippen MR) is 139 cm³/mol. The largest absolute Gasteiger partial charge is 0.416 e. The van der Waals surface area contributed by atoms with Crippen LogP contribution in [-0.2, 0) is 17.5 Å². The molecule has 1 saturated carbocycles. The van der Waals surface area contributed by atoms with E-state index < -0.39 is 29.2 Å². The molecule has 0 bridgehead atoms. The van der Waals surface area contributed by atoms with Crippen LogP contribution < -0.4 is 16.0 Å². The third kappa shape index (κ3) is 5.98. The number of alkyl halides is 3. The number of hydrogen-bond donors (Lipinski definition) is 5. The fraction of sp³-hybridized carbons (Fsp3) is 0.222. The number of halogens is 4. The van der Waals surface area contributed by atoms with Gasteiger partial charge in [0.05, 0.1) is 21.8 Å². The highest BCUT2D eigenvalue weighted by Gasteiger charge is 2.47. The number of hydrogen-bond acceptors (Lipinski definition) is 5. The van der Waals surface area contributed by atoms with Gasteiger partial charge < -0.3 is 26.5 Å². The molecule has 5 N–H and O–H groups in total. The summed E-state index contributed by atoms with van der Waals surface area (Å²) in [7, 11) is 0. The van der Waals surface area contributed by atoms with Gasteiger partial charge in [0.15, 0.2) is 0 Å². The number of benzene rings is 3. The quantitative estimate of drug-likeness (QED) is 0.230. The molecule has 1 fully saturated rings. The first-order valence-corrected chi connectivity index (χ1v) is 12.0. The van der Waals surface area contributed by atoms with Gasteiger partial charge in [-0.1, -0.05) is 29.8 Å². The van der Waals surface area contributed by atoms with Gasteiger partial charge in [0, 0.05) is 29.7 Å². The normalized spacial score (nSPS) is 13.9. The molecule has 0 saturated heterocycles. The SMILES string of the molecule is Cc1ccc(Nc2cccc(NC(=O)c3cc(CNC(=O)C4(O)CC4)ccc3Cl)c2C=N)cc1C(F)(F)F. The summed E-state index contributed by atoms with van der Waals surface area (Å²) in [6.07, 6.45) is -2.73.